The third-order valence-electron chi connectivity index (χ3n) is 2.95. The lowest BCUT2D eigenvalue weighted by Crippen LogP contribution is -2.47. The smallest absolute Gasteiger partial charge is 0.347 e. The Morgan fingerprint density at radius 3 is 2.16 bits per heavy atom. The highest BCUT2D eigenvalue weighted by atomic mass is 16.6. The van der Waals surface area contributed by atoms with Gasteiger partial charge in [0.1, 0.15) is 5.75 Å². The van der Waals surface area contributed by atoms with E-state index in [0.29, 0.717) is 11.3 Å². The average molecular weight is 347 g/mol. The summed E-state index contributed by atoms with van der Waals surface area (Å²) >= 11 is 0. The van der Waals surface area contributed by atoms with Crippen LogP contribution in [0.15, 0.2) is 24.3 Å². The fraction of sp³-hybridized carbons (Fsp3) is 0.412. The Bertz CT molecular complexity index is 664. The van der Waals surface area contributed by atoms with E-state index in [2.05, 4.69) is 10.6 Å². The molecular weight excluding hydrogens is 326 g/mol. The molecule has 1 aromatic carbocycles. The minimum Gasteiger partial charge on any atom is -0.479 e. The molecule has 3 amide bonds. The number of imide groups is 1. The predicted octanol–water partition coefficient (Wildman–Crippen LogP) is 1.49. The summed E-state index contributed by atoms with van der Waals surface area (Å²) in [6, 6.07) is 7.38. The number of esters is 1. The molecule has 0 aliphatic carbocycles. The highest BCUT2D eigenvalue weighted by Crippen LogP contribution is 2.14. The van der Waals surface area contributed by atoms with Gasteiger partial charge in [-0.3, -0.25) is 10.1 Å². The molecule has 134 valence electrons. The Balaban J connectivity index is 2.51. The summed E-state index contributed by atoms with van der Waals surface area (Å²) in [5.41, 5.74) is 0.465. The summed E-state index contributed by atoms with van der Waals surface area (Å²) in [5.74, 6) is -1.11. The molecule has 2 atom stereocenters. The molecule has 0 aliphatic heterocycles. The van der Waals surface area contributed by atoms with Gasteiger partial charge in [0.15, 0.2) is 12.2 Å². The first-order valence-electron chi connectivity index (χ1n) is 7.71. The number of ether oxygens (including phenoxy) is 2. The van der Waals surface area contributed by atoms with E-state index in [-0.39, 0.29) is 6.04 Å². The van der Waals surface area contributed by atoms with Gasteiger partial charge in [0.2, 0.25) is 0 Å². The van der Waals surface area contributed by atoms with Crippen LogP contribution in [-0.4, -0.2) is 36.2 Å². The van der Waals surface area contributed by atoms with Gasteiger partial charge in [-0.15, -0.1) is 0 Å². The lowest BCUT2D eigenvalue weighted by Gasteiger charge is -2.18. The fourth-order valence-corrected chi connectivity index (χ4v) is 1.70. The second-order valence-electron chi connectivity index (χ2n) is 5.59. The summed E-state index contributed by atoms with van der Waals surface area (Å²) < 4.78 is 10.4. The summed E-state index contributed by atoms with van der Waals surface area (Å²) in [6.07, 6.45) is -2.12. The SMILES string of the molecule is CC(C)NC(=O)NC(=O)[C@@H](C)OC(=O)[C@H](C)Oc1ccc(C#N)cc1. The Morgan fingerprint density at radius 2 is 1.64 bits per heavy atom. The number of nitriles is 1. The monoisotopic (exact) mass is 347 g/mol. The first-order chi connectivity index (χ1) is 11.7. The van der Waals surface area contributed by atoms with Crippen LogP contribution in [0, 0.1) is 11.3 Å². The molecule has 0 fully saturated rings. The minimum absolute atomic E-state index is 0.133. The van der Waals surface area contributed by atoms with Gasteiger partial charge >= 0.3 is 12.0 Å². The Kier molecular flexibility index (Phi) is 7.41. The normalized spacial score (nSPS) is 12.5. The van der Waals surface area contributed by atoms with E-state index in [1.54, 1.807) is 38.1 Å². The van der Waals surface area contributed by atoms with Crippen molar-refractivity contribution < 1.29 is 23.9 Å². The van der Waals surface area contributed by atoms with Crippen LogP contribution < -0.4 is 15.4 Å². The van der Waals surface area contributed by atoms with Crippen LogP contribution in [0.5, 0.6) is 5.75 Å². The maximum absolute atomic E-state index is 12.0. The first kappa shape index (κ1) is 20.0. The van der Waals surface area contributed by atoms with Gasteiger partial charge in [-0.2, -0.15) is 5.26 Å². The standard InChI is InChI=1S/C17H21N3O5/c1-10(2)19-17(23)20-15(21)11(3)25-16(22)12(4)24-14-7-5-13(9-18)6-8-14/h5-8,10-12H,1-4H3,(H2,19,20,21,23)/t11-,12+/m1/s1. The molecule has 0 unspecified atom stereocenters. The average Bonchev–Trinajstić information content (AvgIpc) is 2.54. The maximum Gasteiger partial charge on any atom is 0.347 e. The Labute approximate surface area is 146 Å². The van der Waals surface area contributed by atoms with Crippen LogP contribution in [0.1, 0.15) is 33.3 Å². The Morgan fingerprint density at radius 1 is 1.04 bits per heavy atom. The summed E-state index contributed by atoms with van der Waals surface area (Å²) in [4.78, 5) is 35.2. The van der Waals surface area contributed by atoms with Gasteiger partial charge in [0.25, 0.3) is 5.91 Å². The number of hydrogen-bond donors (Lipinski definition) is 2. The van der Waals surface area contributed by atoms with Crippen molar-refractivity contribution in [3.05, 3.63) is 29.8 Å². The zero-order valence-corrected chi connectivity index (χ0v) is 14.5. The number of nitrogens with one attached hydrogen (secondary N) is 2. The molecule has 0 saturated carbocycles. The maximum atomic E-state index is 12.0. The molecule has 0 saturated heterocycles. The van der Waals surface area contributed by atoms with E-state index in [9.17, 15) is 14.4 Å². The van der Waals surface area contributed by atoms with E-state index in [0.717, 1.165) is 0 Å². The van der Waals surface area contributed by atoms with Crippen LogP contribution >= 0.6 is 0 Å². The molecule has 0 bridgehead atoms. The van der Waals surface area contributed by atoms with Gasteiger partial charge in [-0.25, -0.2) is 9.59 Å². The number of benzene rings is 1. The summed E-state index contributed by atoms with van der Waals surface area (Å²) in [6.45, 7) is 6.31. The van der Waals surface area contributed by atoms with Gasteiger partial charge in [-0.1, -0.05) is 0 Å². The van der Waals surface area contributed by atoms with Crippen molar-refractivity contribution in [1.29, 1.82) is 5.26 Å². The molecule has 8 heteroatoms. The molecule has 1 rings (SSSR count). The number of carbonyl (C=O) groups is 3. The lowest BCUT2D eigenvalue weighted by atomic mass is 10.2. The molecule has 0 aliphatic rings. The molecule has 0 aromatic heterocycles. The number of rotatable bonds is 6. The van der Waals surface area contributed by atoms with Crippen molar-refractivity contribution in [2.75, 3.05) is 0 Å². The third kappa shape index (κ3) is 6.91. The van der Waals surface area contributed by atoms with Crippen LogP contribution in [0.3, 0.4) is 0 Å². The Hall–Kier alpha value is -3.08. The molecule has 0 heterocycles. The van der Waals surface area contributed by atoms with Gasteiger partial charge in [0, 0.05) is 6.04 Å². The van der Waals surface area contributed by atoms with E-state index < -0.39 is 30.1 Å². The van der Waals surface area contributed by atoms with Crippen LogP contribution in [0.25, 0.3) is 0 Å². The van der Waals surface area contributed by atoms with Crippen LogP contribution in [0.4, 0.5) is 4.79 Å². The van der Waals surface area contributed by atoms with Crippen molar-refractivity contribution in [3.8, 4) is 11.8 Å². The predicted molar refractivity (Wildman–Crippen MR) is 88.6 cm³/mol. The molecule has 0 spiro atoms. The second-order valence-corrected chi connectivity index (χ2v) is 5.59. The minimum atomic E-state index is -1.16. The van der Waals surface area contributed by atoms with Crippen LogP contribution in [0.2, 0.25) is 0 Å². The highest BCUT2D eigenvalue weighted by molar-refractivity contribution is 5.97. The van der Waals surface area contributed by atoms with Gasteiger partial charge < -0.3 is 14.8 Å². The van der Waals surface area contributed by atoms with Gasteiger partial charge in [-0.05, 0) is 52.0 Å². The zero-order valence-electron chi connectivity index (χ0n) is 14.5. The van der Waals surface area contributed by atoms with Crippen molar-refractivity contribution in [1.82, 2.24) is 10.6 Å². The van der Waals surface area contributed by atoms with Crippen molar-refractivity contribution in [3.63, 3.8) is 0 Å². The molecule has 2 N–H and O–H groups in total. The second kappa shape index (κ2) is 9.27. The topological polar surface area (TPSA) is 118 Å². The molecule has 8 nitrogen and oxygen atoms in total. The summed E-state index contributed by atoms with van der Waals surface area (Å²) in [7, 11) is 0. The summed E-state index contributed by atoms with van der Waals surface area (Å²) in [5, 5.41) is 13.3. The number of urea groups is 1. The quantitative estimate of drug-likeness (QED) is 0.753. The molecule has 1 aromatic rings. The molecular formula is C17H21N3O5. The van der Waals surface area contributed by atoms with Crippen LogP contribution in [-0.2, 0) is 14.3 Å². The largest absolute Gasteiger partial charge is 0.479 e. The number of carbonyl (C=O) groups excluding carboxylic acids is 3. The van der Waals surface area contributed by atoms with E-state index in [4.69, 9.17) is 14.7 Å². The van der Waals surface area contributed by atoms with Gasteiger partial charge in [0.05, 0.1) is 11.6 Å². The zero-order chi connectivity index (χ0) is 19.0. The van der Waals surface area contributed by atoms with E-state index in [1.165, 1.54) is 13.8 Å². The first-order valence-corrected chi connectivity index (χ1v) is 7.71. The highest BCUT2D eigenvalue weighted by Gasteiger charge is 2.24. The lowest BCUT2D eigenvalue weighted by molar-refractivity contribution is -0.160. The fourth-order valence-electron chi connectivity index (χ4n) is 1.70. The third-order valence-corrected chi connectivity index (χ3v) is 2.95. The number of amides is 3. The molecule has 0 radical (unpaired) electrons. The van der Waals surface area contributed by atoms with Crippen molar-refractivity contribution in [2.45, 2.75) is 45.9 Å². The van der Waals surface area contributed by atoms with E-state index >= 15 is 0 Å². The number of nitrogens with zero attached hydrogens (tertiary/aromatic N) is 1. The van der Waals surface area contributed by atoms with Crippen molar-refractivity contribution in [2.24, 2.45) is 0 Å². The molecule has 25 heavy (non-hydrogen) atoms. The number of hydrogen-bond acceptors (Lipinski definition) is 6. The van der Waals surface area contributed by atoms with Crippen molar-refractivity contribution >= 4 is 17.9 Å². The van der Waals surface area contributed by atoms with E-state index in [1.807, 2.05) is 6.07 Å².